The van der Waals surface area contributed by atoms with Gasteiger partial charge in [-0.05, 0) is 44.2 Å². The Bertz CT molecular complexity index is 1210. The maximum atomic E-state index is 13.5. The van der Waals surface area contributed by atoms with Crippen molar-refractivity contribution in [3.63, 3.8) is 0 Å². The summed E-state index contributed by atoms with van der Waals surface area (Å²) in [4.78, 5) is 26.6. The highest BCUT2D eigenvalue weighted by molar-refractivity contribution is 7.90. The summed E-state index contributed by atoms with van der Waals surface area (Å²) in [5, 5.41) is 0.657. The van der Waals surface area contributed by atoms with Gasteiger partial charge in [-0.1, -0.05) is 29.3 Å². The zero-order valence-electron chi connectivity index (χ0n) is 15.9. The van der Waals surface area contributed by atoms with Crippen molar-refractivity contribution in [2.75, 3.05) is 14.1 Å². The molecule has 8 heteroatoms. The second-order valence-electron chi connectivity index (χ2n) is 6.72. The molecule has 1 aromatic heterocycles. The van der Waals surface area contributed by atoms with Crippen LogP contribution >= 0.6 is 11.6 Å². The highest BCUT2D eigenvalue weighted by atomic mass is 35.5. The molecule has 0 spiro atoms. The molecule has 6 nitrogen and oxygen atoms in total. The van der Waals surface area contributed by atoms with Crippen LogP contribution in [-0.4, -0.2) is 43.1 Å². The molecule has 0 aliphatic rings. The molecular weight excluding hydrogens is 400 g/mol. The van der Waals surface area contributed by atoms with E-state index in [1.807, 2.05) is 6.92 Å². The molecule has 3 rings (SSSR count). The monoisotopic (exact) mass is 418 g/mol. The predicted octanol–water partition coefficient (Wildman–Crippen LogP) is 3.74. The van der Waals surface area contributed by atoms with Gasteiger partial charge in [-0.15, -0.1) is 0 Å². The zero-order chi connectivity index (χ0) is 20.8. The maximum absolute atomic E-state index is 13.5. The van der Waals surface area contributed by atoms with Crippen LogP contribution in [0, 0.1) is 6.92 Å². The molecule has 2 aromatic carbocycles. The molecule has 146 valence electrons. The molecule has 1 heterocycles. The molecule has 0 saturated carbocycles. The van der Waals surface area contributed by atoms with Crippen molar-refractivity contribution in [3.05, 3.63) is 64.3 Å². The summed E-state index contributed by atoms with van der Waals surface area (Å²) in [6, 6.07) is 10.8. The number of halogens is 1. The van der Waals surface area contributed by atoms with E-state index in [0.717, 1.165) is 9.54 Å². The number of hydrogen-bond acceptors (Lipinski definition) is 4. The minimum absolute atomic E-state index is 0.0212. The van der Waals surface area contributed by atoms with Gasteiger partial charge in [0.05, 0.1) is 16.0 Å². The van der Waals surface area contributed by atoms with Crippen LogP contribution in [0.1, 0.15) is 33.3 Å². The van der Waals surface area contributed by atoms with Crippen LogP contribution in [0.4, 0.5) is 0 Å². The van der Waals surface area contributed by atoms with Crippen LogP contribution in [0.25, 0.3) is 10.9 Å². The van der Waals surface area contributed by atoms with Crippen LogP contribution in [0.3, 0.4) is 0 Å². The van der Waals surface area contributed by atoms with Gasteiger partial charge in [0.25, 0.3) is 15.9 Å². The topological polar surface area (TPSA) is 76.5 Å². The van der Waals surface area contributed by atoms with Gasteiger partial charge >= 0.3 is 0 Å². The number of carbonyl (C=O) groups is 2. The molecule has 0 bridgehead atoms. The predicted molar refractivity (Wildman–Crippen MR) is 109 cm³/mol. The van der Waals surface area contributed by atoms with Crippen molar-refractivity contribution in [3.8, 4) is 0 Å². The number of rotatable bonds is 4. The molecular formula is C20H19ClN2O4S. The largest absolute Gasteiger partial charge is 0.343 e. The summed E-state index contributed by atoms with van der Waals surface area (Å²) >= 11 is 6.08. The number of carbonyl (C=O) groups excluding carboxylic acids is 2. The second kappa shape index (κ2) is 7.07. The number of hydrogen-bond donors (Lipinski definition) is 0. The Morgan fingerprint density at radius 2 is 1.64 bits per heavy atom. The average Bonchev–Trinajstić information content (AvgIpc) is 2.96. The molecule has 0 saturated heterocycles. The lowest BCUT2D eigenvalue weighted by atomic mass is 10.1. The Kier molecular flexibility index (Phi) is 5.08. The number of aromatic nitrogens is 1. The molecule has 0 atom stereocenters. The van der Waals surface area contributed by atoms with Crippen LogP contribution in [0.15, 0.2) is 47.4 Å². The van der Waals surface area contributed by atoms with Gasteiger partial charge in [0, 0.05) is 24.5 Å². The van der Waals surface area contributed by atoms with E-state index in [0.29, 0.717) is 10.4 Å². The molecule has 28 heavy (non-hydrogen) atoms. The number of ketones is 1. The van der Waals surface area contributed by atoms with E-state index in [1.54, 1.807) is 12.1 Å². The number of nitrogens with zero attached hydrogens (tertiary/aromatic N) is 2. The van der Waals surface area contributed by atoms with E-state index >= 15 is 0 Å². The van der Waals surface area contributed by atoms with Crippen LogP contribution < -0.4 is 0 Å². The summed E-state index contributed by atoms with van der Waals surface area (Å²) < 4.78 is 27.9. The lowest BCUT2D eigenvalue weighted by Gasteiger charge is -2.16. The fourth-order valence-corrected chi connectivity index (χ4v) is 4.75. The third-order valence-corrected chi connectivity index (χ3v) is 6.37. The summed E-state index contributed by atoms with van der Waals surface area (Å²) in [5.41, 5.74) is 0.958. The quantitative estimate of drug-likeness (QED) is 0.604. The van der Waals surface area contributed by atoms with Crippen molar-refractivity contribution < 1.29 is 18.0 Å². The molecule has 0 aliphatic carbocycles. The van der Waals surface area contributed by atoms with E-state index in [4.69, 9.17) is 11.6 Å². The van der Waals surface area contributed by atoms with Gasteiger partial charge < -0.3 is 4.90 Å². The first-order valence-corrected chi connectivity index (χ1v) is 10.3. The molecule has 3 aromatic rings. The lowest BCUT2D eigenvalue weighted by Crippen LogP contribution is -2.28. The van der Waals surface area contributed by atoms with Gasteiger partial charge in [0.15, 0.2) is 5.78 Å². The van der Waals surface area contributed by atoms with Crippen LogP contribution in [0.5, 0.6) is 0 Å². The van der Waals surface area contributed by atoms with Crippen molar-refractivity contribution in [2.24, 2.45) is 0 Å². The van der Waals surface area contributed by atoms with Gasteiger partial charge in [-0.2, -0.15) is 0 Å². The SMILES string of the molecule is CC(=O)c1c(C(=O)N(C)C)n(S(=O)(=O)c2ccc(C)cc2)c2ccc(Cl)cc12. The molecule has 0 N–H and O–H groups in total. The Morgan fingerprint density at radius 1 is 1.04 bits per heavy atom. The summed E-state index contributed by atoms with van der Waals surface area (Å²) in [5.74, 6) is -1.01. The second-order valence-corrected chi connectivity index (χ2v) is 8.95. The van der Waals surface area contributed by atoms with Crippen molar-refractivity contribution in [1.82, 2.24) is 8.87 Å². The lowest BCUT2D eigenvalue weighted by molar-refractivity contribution is 0.0815. The smallest absolute Gasteiger partial charge is 0.271 e. The van der Waals surface area contributed by atoms with Gasteiger partial charge in [-0.25, -0.2) is 12.4 Å². The highest BCUT2D eigenvalue weighted by Crippen LogP contribution is 2.33. The fourth-order valence-electron chi connectivity index (χ4n) is 3.06. The van der Waals surface area contributed by atoms with E-state index in [9.17, 15) is 18.0 Å². The molecule has 0 radical (unpaired) electrons. The van der Waals surface area contributed by atoms with Crippen molar-refractivity contribution >= 4 is 44.2 Å². The fraction of sp³-hybridized carbons (Fsp3) is 0.200. The summed E-state index contributed by atoms with van der Waals surface area (Å²) in [6.45, 7) is 3.14. The highest BCUT2D eigenvalue weighted by Gasteiger charge is 2.33. The third-order valence-electron chi connectivity index (χ3n) is 4.41. The number of Topliss-reactive ketones (excluding diaryl/α,β-unsaturated/α-hetero) is 1. The first-order chi connectivity index (χ1) is 13.1. The summed E-state index contributed by atoms with van der Waals surface area (Å²) in [6.07, 6.45) is 0. The van der Waals surface area contributed by atoms with E-state index in [1.165, 1.54) is 56.3 Å². The third kappa shape index (κ3) is 3.21. The Hall–Kier alpha value is -2.64. The number of benzene rings is 2. The maximum Gasteiger partial charge on any atom is 0.271 e. The Morgan fingerprint density at radius 3 is 2.18 bits per heavy atom. The first kappa shape index (κ1) is 20.1. The molecule has 1 amide bonds. The van der Waals surface area contributed by atoms with E-state index < -0.39 is 21.7 Å². The van der Waals surface area contributed by atoms with E-state index in [2.05, 4.69) is 0 Å². The van der Waals surface area contributed by atoms with E-state index in [-0.39, 0.29) is 21.7 Å². The normalized spacial score (nSPS) is 11.6. The molecule has 0 aliphatic heterocycles. The first-order valence-electron chi connectivity index (χ1n) is 8.44. The van der Waals surface area contributed by atoms with Gasteiger partial charge in [0.2, 0.25) is 0 Å². The van der Waals surface area contributed by atoms with Crippen LogP contribution in [0.2, 0.25) is 5.02 Å². The Balaban J connectivity index is 2.51. The van der Waals surface area contributed by atoms with Gasteiger partial charge in [0.1, 0.15) is 5.69 Å². The molecule has 0 unspecified atom stereocenters. The average molecular weight is 419 g/mol. The minimum Gasteiger partial charge on any atom is -0.343 e. The zero-order valence-corrected chi connectivity index (χ0v) is 17.4. The summed E-state index contributed by atoms with van der Waals surface area (Å²) in [7, 11) is -1.14. The number of aryl methyl sites for hydroxylation is 1. The van der Waals surface area contributed by atoms with Gasteiger partial charge in [-0.3, -0.25) is 9.59 Å². The van der Waals surface area contributed by atoms with Crippen LogP contribution in [-0.2, 0) is 10.0 Å². The number of fused-ring (bicyclic) bond motifs is 1. The van der Waals surface area contributed by atoms with Crippen molar-refractivity contribution in [2.45, 2.75) is 18.7 Å². The van der Waals surface area contributed by atoms with Crippen molar-refractivity contribution in [1.29, 1.82) is 0 Å². The number of amides is 1. The standard InChI is InChI=1S/C20H19ClN2O4S/c1-12-5-8-15(9-6-12)28(26,27)23-17-10-7-14(21)11-16(17)18(13(2)24)19(23)20(25)22(3)4/h5-11H,1-4H3. The minimum atomic E-state index is -4.14. The molecule has 0 fully saturated rings. The Labute approximate surface area is 168 Å².